The summed E-state index contributed by atoms with van der Waals surface area (Å²) in [5, 5.41) is 0. The van der Waals surface area contributed by atoms with Crippen LogP contribution < -0.4 is 0 Å². The van der Waals surface area contributed by atoms with E-state index in [0.717, 1.165) is 11.8 Å². The van der Waals surface area contributed by atoms with Crippen molar-refractivity contribution in [2.24, 2.45) is 29.6 Å². The van der Waals surface area contributed by atoms with E-state index in [2.05, 4.69) is 22.6 Å². The number of carbonyl (C=O) groups excluding carboxylic acids is 1. The first-order chi connectivity index (χ1) is 6.29. The predicted molar refractivity (Wildman–Crippen MR) is 54.4 cm³/mol. The molecule has 2 nitrogen and oxygen atoms in total. The van der Waals surface area contributed by atoms with Crippen LogP contribution in [0.4, 0.5) is 0 Å². The van der Waals surface area contributed by atoms with Crippen molar-refractivity contribution in [3.05, 3.63) is 0 Å². The molecule has 4 aliphatic rings. The Morgan fingerprint density at radius 1 is 1.23 bits per heavy atom. The summed E-state index contributed by atoms with van der Waals surface area (Å²) >= 11 is 2.52. The largest absolute Gasteiger partial charge is 0.461 e. The van der Waals surface area contributed by atoms with E-state index < -0.39 is 0 Å². The first-order valence-electron chi connectivity index (χ1n) is 5.13. The maximum Gasteiger partial charge on any atom is 0.309 e. The zero-order valence-corrected chi connectivity index (χ0v) is 9.31. The Labute approximate surface area is 90.5 Å². The molecule has 4 rings (SSSR count). The summed E-state index contributed by atoms with van der Waals surface area (Å²) in [6.45, 7) is 0. The lowest BCUT2D eigenvalue weighted by molar-refractivity contribution is -0.143. The zero-order chi connectivity index (χ0) is 8.74. The van der Waals surface area contributed by atoms with Gasteiger partial charge in [-0.1, -0.05) is 22.6 Å². The van der Waals surface area contributed by atoms with Crippen LogP contribution in [0.25, 0.3) is 0 Å². The van der Waals surface area contributed by atoms with Crippen LogP contribution in [0.15, 0.2) is 0 Å². The van der Waals surface area contributed by atoms with Gasteiger partial charge in [0.25, 0.3) is 0 Å². The minimum Gasteiger partial charge on any atom is -0.461 e. The fraction of sp³-hybridized carbons (Fsp3) is 0.900. The molecule has 0 unspecified atom stereocenters. The maximum absolute atomic E-state index is 11.6. The average molecular weight is 290 g/mol. The van der Waals surface area contributed by atoms with Gasteiger partial charge in [0, 0.05) is 5.92 Å². The summed E-state index contributed by atoms with van der Waals surface area (Å²) < 4.78 is 6.11. The first-order valence-corrected chi connectivity index (χ1v) is 6.38. The van der Waals surface area contributed by atoms with Crippen molar-refractivity contribution >= 4 is 28.6 Å². The second-order valence-electron chi connectivity index (χ2n) is 4.93. The molecule has 0 amide bonds. The average Bonchev–Trinajstić information content (AvgIpc) is 2.75. The fourth-order valence-electron chi connectivity index (χ4n) is 4.55. The van der Waals surface area contributed by atoms with Gasteiger partial charge in [0.2, 0.25) is 0 Å². The highest BCUT2D eigenvalue weighted by Crippen LogP contribution is 2.69. The third-order valence-electron chi connectivity index (χ3n) is 4.78. The zero-order valence-electron chi connectivity index (χ0n) is 7.15. The van der Waals surface area contributed by atoms with Crippen LogP contribution in [-0.4, -0.2) is 16.0 Å². The van der Waals surface area contributed by atoms with E-state index in [0.29, 0.717) is 27.8 Å². The highest BCUT2D eigenvalue weighted by Gasteiger charge is 2.72. The van der Waals surface area contributed by atoms with Crippen LogP contribution in [0, 0.1) is 29.6 Å². The van der Waals surface area contributed by atoms with E-state index in [4.69, 9.17) is 4.74 Å². The molecule has 3 heteroatoms. The van der Waals surface area contributed by atoms with E-state index in [1.165, 1.54) is 12.8 Å². The number of hydrogen-bond acceptors (Lipinski definition) is 2. The molecule has 1 saturated heterocycles. The molecule has 0 aromatic carbocycles. The second kappa shape index (κ2) is 2.07. The normalized spacial score (nSPS) is 66.2. The Morgan fingerprint density at radius 3 is 2.77 bits per heavy atom. The van der Waals surface area contributed by atoms with E-state index >= 15 is 0 Å². The number of alkyl halides is 1. The Morgan fingerprint density at radius 2 is 2.00 bits per heavy atom. The molecule has 0 spiro atoms. The van der Waals surface area contributed by atoms with E-state index in [-0.39, 0.29) is 5.97 Å². The van der Waals surface area contributed by atoms with Crippen LogP contribution in [0.5, 0.6) is 0 Å². The molecule has 0 aromatic heterocycles. The number of fused-ring (bicyclic) bond motifs is 1. The molecule has 0 N–H and O–H groups in total. The molecule has 0 radical (unpaired) electrons. The SMILES string of the molecule is O=C1O[C@@H]2[C@H](I)[C@@H]3[C@@H]4CC[C@H]3[C@@H]2[C@H]14. The monoisotopic (exact) mass is 290 g/mol. The van der Waals surface area contributed by atoms with Gasteiger partial charge in [-0.15, -0.1) is 0 Å². The van der Waals surface area contributed by atoms with E-state index in [1.54, 1.807) is 0 Å². The summed E-state index contributed by atoms with van der Waals surface area (Å²) in [4.78, 5) is 11.6. The maximum atomic E-state index is 11.6. The summed E-state index contributed by atoms with van der Waals surface area (Å²) in [5.41, 5.74) is 0. The van der Waals surface area contributed by atoms with Gasteiger partial charge in [0.05, 0.1) is 9.84 Å². The summed E-state index contributed by atoms with van der Waals surface area (Å²) in [7, 11) is 0. The summed E-state index contributed by atoms with van der Waals surface area (Å²) in [5.74, 6) is 3.44. The third kappa shape index (κ3) is 0.621. The second-order valence-corrected chi connectivity index (χ2v) is 6.37. The Hall–Kier alpha value is 0.200. The molecular formula is C10H11IO2. The van der Waals surface area contributed by atoms with Gasteiger partial charge < -0.3 is 4.74 Å². The minimum absolute atomic E-state index is 0.131. The van der Waals surface area contributed by atoms with Gasteiger partial charge in [-0.2, -0.15) is 0 Å². The topological polar surface area (TPSA) is 26.3 Å². The number of ether oxygens (including phenoxy) is 1. The lowest BCUT2D eigenvalue weighted by Crippen LogP contribution is -2.33. The standard InChI is InChI=1S/C10H11IO2/c11-8-5-3-1-2-4(5)7-6(3)9(8)13-10(7)12/h3-9H,1-2H2/t3-,4+,5+,6-,7-,8-,9+/m1/s1. The quantitative estimate of drug-likeness (QED) is 0.385. The number of esters is 1. The molecule has 1 heterocycles. The molecule has 7 atom stereocenters. The van der Waals surface area contributed by atoms with E-state index in [9.17, 15) is 4.79 Å². The van der Waals surface area contributed by atoms with Crippen LogP contribution in [-0.2, 0) is 9.53 Å². The number of carbonyl (C=O) groups is 1. The molecule has 13 heavy (non-hydrogen) atoms. The van der Waals surface area contributed by atoms with Crippen molar-refractivity contribution in [2.45, 2.75) is 22.9 Å². The highest BCUT2D eigenvalue weighted by atomic mass is 127. The lowest BCUT2D eigenvalue weighted by Gasteiger charge is -2.27. The smallest absolute Gasteiger partial charge is 0.309 e. The molecule has 4 fully saturated rings. The van der Waals surface area contributed by atoms with Crippen molar-refractivity contribution in [1.29, 1.82) is 0 Å². The Bertz CT molecular complexity index is 303. The molecule has 70 valence electrons. The van der Waals surface area contributed by atoms with Gasteiger partial charge in [0.15, 0.2) is 0 Å². The highest BCUT2D eigenvalue weighted by molar-refractivity contribution is 14.1. The van der Waals surface area contributed by atoms with Gasteiger partial charge in [-0.05, 0) is 30.6 Å². The molecular weight excluding hydrogens is 279 g/mol. The van der Waals surface area contributed by atoms with Crippen molar-refractivity contribution in [3.63, 3.8) is 0 Å². The van der Waals surface area contributed by atoms with Crippen molar-refractivity contribution in [2.75, 3.05) is 0 Å². The Kier molecular flexibility index (Phi) is 1.19. The van der Waals surface area contributed by atoms with Gasteiger partial charge in [-0.3, -0.25) is 4.79 Å². The first kappa shape index (κ1) is 7.49. The fourth-order valence-corrected chi connectivity index (χ4v) is 6.24. The van der Waals surface area contributed by atoms with Crippen molar-refractivity contribution in [3.8, 4) is 0 Å². The summed E-state index contributed by atoms with van der Waals surface area (Å²) in [6, 6.07) is 0. The molecule has 0 aromatic rings. The minimum atomic E-state index is 0.131. The van der Waals surface area contributed by atoms with Gasteiger partial charge in [0.1, 0.15) is 6.10 Å². The van der Waals surface area contributed by atoms with Crippen molar-refractivity contribution < 1.29 is 9.53 Å². The van der Waals surface area contributed by atoms with Gasteiger partial charge >= 0.3 is 5.97 Å². The van der Waals surface area contributed by atoms with E-state index in [1.807, 2.05) is 0 Å². The van der Waals surface area contributed by atoms with Crippen LogP contribution in [0.2, 0.25) is 0 Å². The summed E-state index contributed by atoms with van der Waals surface area (Å²) in [6.07, 6.45) is 2.95. The van der Waals surface area contributed by atoms with Crippen LogP contribution in [0.3, 0.4) is 0 Å². The van der Waals surface area contributed by atoms with Crippen molar-refractivity contribution in [1.82, 2.24) is 0 Å². The Balaban J connectivity index is 1.91. The lowest BCUT2D eigenvalue weighted by atomic mass is 9.76. The number of rotatable bonds is 0. The van der Waals surface area contributed by atoms with Crippen LogP contribution >= 0.6 is 22.6 Å². The van der Waals surface area contributed by atoms with Crippen LogP contribution in [0.1, 0.15) is 12.8 Å². The number of halogens is 1. The predicted octanol–water partition coefficient (Wildman–Crippen LogP) is 1.62. The number of hydrogen-bond donors (Lipinski definition) is 0. The molecule has 3 aliphatic carbocycles. The molecule has 1 aliphatic heterocycles. The molecule has 3 saturated carbocycles. The third-order valence-corrected chi connectivity index (χ3v) is 6.32. The molecule has 4 bridgehead atoms. The van der Waals surface area contributed by atoms with Gasteiger partial charge in [-0.25, -0.2) is 0 Å².